The highest BCUT2D eigenvalue weighted by atomic mass is 16.6. The molecule has 5 aliphatic rings. The smallest absolute Gasteiger partial charge is 0.320 e. The fourth-order valence-electron chi connectivity index (χ4n) is 12.0. The molecule has 4 aliphatic carbocycles. The van der Waals surface area contributed by atoms with Crippen LogP contribution in [-0.2, 0) is 28.6 Å². The highest BCUT2D eigenvalue weighted by molar-refractivity contribution is 5.73. The maximum absolute atomic E-state index is 13.4. The van der Waals surface area contributed by atoms with Gasteiger partial charge in [-0.25, -0.2) is 0 Å². The number of carbonyl (C=O) groups is 3. The monoisotopic (exact) mass is 672 g/mol. The normalized spacial score (nSPS) is 42.6. The number of carbonyl (C=O) groups excluding carboxylic acids is 2. The second-order valence-electron chi connectivity index (χ2n) is 17.9. The molecule has 0 aromatic carbocycles. The largest absolute Gasteiger partial charge is 0.481 e. The zero-order valence-corrected chi connectivity index (χ0v) is 31.4. The third-order valence-corrected chi connectivity index (χ3v) is 14.9. The molecule has 0 spiro atoms. The Hall–Kier alpha value is -1.97. The summed E-state index contributed by atoms with van der Waals surface area (Å²) in [5.74, 6) is -0.756. The van der Waals surface area contributed by atoms with Gasteiger partial charge in [0.2, 0.25) is 0 Å². The number of nitrogens with one attached hydrogen (secondary N) is 1. The second kappa shape index (κ2) is 13.3. The van der Waals surface area contributed by atoms with E-state index >= 15 is 0 Å². The predicted octanol–water partition coefficient (Wildman–Crippen LogP) is 5.96. The van der Waals surface area contributed by atoms with Crippen LogP contribution >= 0.6 is 0 Å². The van der Waals surface area contributed by atoms with Crippen molar-refractivity contribution in [3.8, 4) is 0 Å². The van der Waals surface area contributed by atoms with E-state index in [1.807, 2.05) is 14.1 Å². The molecule has 4 fully saturated rings. The van der Waals surface area contributed by atoms with Gasteiger partial charge in [-0.05, 0) is 112 Å². The summed E-state index contributed by atoms with van der Waals surface area (Å²) in [5.41, 5.74) is -0.440. The van der Waals surface area contributed by atoms with Gasteiger partial charge in [-0.15, -0.1) is 0 Å². The van der Waals surface area contributed by atoms with E-state index in [9.17, 15) is 19.5 Å². The lowest BCUT2D eigenvalue weighted by Gasteiger charge is -2.71. The number of rotatable bonds is 11. The molecule has 272 valence electrons. The summed E-state index contributed by atoms with van der Waals surface area (Å²) in [6.07, 6.45) is 7.15. The molecule has 0 aromatic heterocycles. The van der Waals surface area contributed by atoms with Crippen molar-refractivity contribution in [2.45, 2.75) is 113 Å². The average molecular weight is 673 g/mol. The zero-order valence-electron chi connectivity index (χ0n) is 31.4. The number of allylic oxidation sites excluding steroid dienone is 1. The van der Waals surface area contributed by atoms with Crippen molar-refractivity contribution in [3.63, 3.8) is 0 Å². The van der Waals surface area contributed by atoms with Crippen LogP contribution in [0.25, 0.3) is 0 Å². The fraction of sp³-hybridized carbons (Fsp3) is 0.872. The summed E-state index contributed by atoms with van der Waals surface area (Å²) in [5, 5.41) is 14.2. The lowest BCUT2D eigenvalue weighted by atomic mass is 9.34. The van der Waals surface area contributed by atoms with Crippen molar-refractivity contribution in [3.05, 3.63) is 11.6 Å². The molecule has 5 rings (SSSR count). The number of hydrogen-bond donors (Lipinski definition) is 2. The molecule has 9 heteroatoms. The second-order valence-corrected chi connectivity index (χ2v) is 17.9. The number of carboxylic acid groups (broad SMARTS) is 1. The summed E-state index contributed by atoms with van der Waals surface area (Å²) < 4.78 is 18.9. The third kappa shape index (κ3) is 5.85. The number of fused-ring (bicyclic) bond motifs is 3. The average Bonchev–Trinajstić information content (AvgIpc) is 2.98. The Morgan fingerprint density at radius 3 is 2.38 bits per heavy atom. The van der Waals surface area contributed by atoms with Crippen LogP contribution in [0.15, 0.2) is 11.6 Å². The van der Waals surface area contributed by atoms with E-state index in [0.29, 0.717) is 38.5 Å². The van der Waals surface area contributed by atoms with Gasteiger partial charge in [-0.3, -0.25) is 14.4 Å². The van der Waals surface area contributed by atoms with Crippen molar-refractivity contribution >= 4 is 17.9 Å². The number of ether oxygens (including phenoxy) is 3. The minimum absolute atomic E-state index is 0.104. The van der Waals surface area contributed by atoms with E-state index < -0.39 is 34.9 Å². The minimum atomic E-state index is -0.667. The molecule has 0 aromatic rings. The van der Waals surface area contributed by atoms with Crippen LogP contribution in [-0.4, -0.2) is 87.1 Å². The number of hydrogen-bond acceptors (Lipinski definition) is 8. The summed E-state index contributed by atoms with van der Waals surface area (Å²) in [6.45, 7) is 19.9. The lowest BCUT2D eigenvalue weighted by Crippen LogP contribution is -2.70. The van der Waals surface area contributed by atoms with Gasteiger partial charge >= 0.3 is 17.9 Å². The van der Waals surface area contributed by atoms with E-state index in [1.54, 1.807) is 0 Å². The van der Waals surface area contributed by atoms with E-state index in [1.165, 1.54) is 12.5 Å². The van der Waals surface area contributed by atoms with Crippen molar-refractivity contribution in [2.24, 2.45) is 56.7 Å². The first-order chi connectivity index (χ1) is 22.4. The summed E-state index contributed by atoms with van der Waals surface area (Å²) in [4.78, 5) is 41.3. The topological polar surface area (TPSA) is 114 Å². The predicted molar refractivity (Wildman–Crippen MR) is 185 cm³/mol. The van der Waals surface area contributed by atoms with Gasteiger partial charge in [0.1, 0.15) is 12.2 Å². The van der Waals surface area contributed by atoms with Crippen LogP contribution in [0.1, 0.15) is 100 Å². The highest BCUT2D eigenvalue weighted by Gasteiger charge is 2.72. The van der Waals surface area contributed by atoms with Crippen molar-refractivity contribution in [1.82, 2.24) is 10.2 Å². The summed E-state index contributed by atoms with van der Waals surface area (Å²) in [7, 11) is 4.06. The number of nitrogens with zero attached hydrogens (tertiary/aromatic N) is 1. The first kappa shape index (κ1) is 37.3. The van der Waals surface area contributed by atoms with Gasteiger partial charge in [-0.1, -0.05) is 60.1 Å². The Kier molecular flexibility index (Phi) is 10.3. The van der Waals surface area contributed by atoms with Crippen LogP contribution < -0.4 is 5.32 Å². The van der Waals surface area contributed by atoms with Gasteiger partial charge in [0.25, 0.3) is 0 Å². The van der Waals surface area contributed by atoms with Crippen LogP contribution in [0.2, 0.25) is 0 Å². The molecule has 11 atom stereocenters. The fourth-order valence-corrected chi connectivity index (χ4v) is 12.0. The molecule has 0 amide bonds. The zero-order chi connectivity index (χ0) is 35.4. The molecule has 1 saturated heterocycles. The SMILES string of the molecule is CC(=O)O[C@@H]1C[C@@]23COC[C@](C)([C@@H]2CC[C@H]2C3=CC[C@@]3(C)[C@H](C(=O)O)[C@@](C)([C@H](C)C(C)C)CC[C@]23C)[C@H]1OC(=O)CNCCCN(C)C. The maximum Gasteiger partial charge on any atom is 0.320 e. The molecular weight excluding hydrogens is 608 g/mol. The van der Waals surface area contributed by atoms with E-state index in [-0.39, 0.29) is 52.5 Å². The number of carboxylic acids is 1. The molecule has 2 N–H and O–H groups in total. The lowest BCUT2D eigenvalue weighted by molar-refractivity contribution is -0.262. The molecular formula is C39H64N2O7. The first-order valence-corrected chi connectivity index (χ1v) is 18.6. The van der Waals surface area contributed by atoms with E-state index in [2.05, 4.69) is 64.8 Å². The minimum Gasteiger partial charge on any atom is -0.481 e. The van der Waals surface area contributed by atoms with Crippen LogP contribution in [0, 0.1) is 56.7 Å². The van der Waals surface area contributed by atoms with Gasteiger partial charge in [-0.2, -0.15) is 0 Å². The Morgan fingerprint density at radius 2 is 1.75 bits per heavy atom. The molecule has 3 saturated carbocycles. The maximum atomic E-state index is 13.4. The van der Waals surface area contributed by atoms with E-state index in [4.69, 9.17) is 14.2 Å². The van der Waals surface area contributed by atoms with Gasteiger partial charge in [0.15, 0.2) is 0 Å². The standard InChI is InChI=1S/C39H64N2O7/c1-24(2)25(3)35(5)16-17-37(7)27-12-13-30-36(6)22-46-23-39(30,28(27)14-15-38(37,8)32(35)34(44)45)20-29(47-26(4)42)33(36)48-31(43)21-40-18-11-19-41(9)10/h14,24-25,27,29-30,32-33,40H,11-13,15-23H2,1-10H3,(H,44,45)/t25-,27+,29-,30+,32-,33+,35-,36-,37-,38+,39+/m1/s1. The van der Waals surface area contributed by atoms with Crippen LogP contribution in [0.4, 0.5) is 0 Å². The third-order valence-electron chi connectivity index (χ3n) is 14.9. The van der Waals surface area contributed by atoms with Crippen molar-refractivity contribution < 1.29 is 33.7 Å². The highest BCUT2D eigenvalue weighted by Crippen LogP contribution is 2.75. The molecule has 0 unspecified atom stereocenters. The Bertz CT molecular complexity index is 1280. The van der Waals surface area contributed by atoms with Crippen molar-refractivity contribution in [2.75, 3.05) is 46.9 Å². The Labute approximate surface area is 289 Å². The first-order valence-electron chi connectivity index (χ1n) is 18.6. The van der Waals surface area contributed by atoms with Crippen molar-refractivity contribution in [1.29, 1.82) is 0 Å². The molecule has 2 bridgehead atoms. The molecule has 1 aliphatic heterocycles. The summed E-state index contributed by atoms with van der Waals surface area (Å²) >= 11 is 0. The van der Waals surface area contributed by atoms with Gasteiger partial charge in [0.05, 0.1) is 25.7 Å². The van der Waals surface area contributed by atoms with Gasteiger partial charge < -0.3 is 29.5 Å². The van der Waals surface area contributed by atoms with E-state index in [0.717, 1.165) is 38.6 Å². The van der Waals surface area contributed by atoms with Crippen LogP contribution in [0.5, 0.6) is 0 Å². The Balaban J connectivity index is 1.48. The molecule has 48 heavy (non-hydrogen) atoms. The quantitative estimate of drug-likeness (QED) is 0.156. The Morgan fingerprint density at radius 1 is 1.04 bits per heavy atom. The van der Waals surface area contributed by atoms with Crippen LogP contribution in [0.3, 0.4) is 0 Å². The number of aliphatic carboxylic acids is 1. The molecule has 1 heterocycles. The summed E-state index contributed by atoms with van der Waals surface area (Å²) in [6, 6.07) is 0. The number of esters is 2. The molecule has 9 nitrogen and oxygen atoms in total. The molecule has 0 radical (unpaired) electrons. The van der Waals surface area contributed by atoms with Gasteiger partial charge in [0, 0.05) is 17.8 Å².